The third-order valence-electron chi connectivity index (χ3n) is 4.09. The van der Waals surface area contributed by atoms with Crippen molar-refractivity contribution in [1.82, 2.24) is 0 Å². The molecule has 2 N–H and O–H groups in total. The number of fused-ring (bicyclic) bond motifs is 1. The normalized spacial score (nSPS) is 12.5. The van der Waals surface area contributed by atoms with E-state index in [0.717, 1.165) is 11.1 Å². The number of amides is 2. The molecule has 1 aliphatic rings. The molecule has 0 atom stereocenters. The predicted molar refractivity (Wildman–Crippen MR) is 107 cm³/mol. The summed E-state index contributed by atoms with van der Waals surface area (Å²) in [6.07, 6.45) is 3.09. The average Bonchev–Trinajstić information content (AvgIpc) is 2.68. The molecule has 2 amide bonds. The lowest BCUT2D eigenvalue weighted by atomic mass is 10.1. The minimum Gasteiger partial charge on any atom is -0.493 e. The van der Waals surface area contributed by atoms with E-state index in [9.17, 15) is 9.59 Å². The molecule has 2 aromatic rings. The zero-order valence-electron chi connectivity index (χ0n) is 16.0. The summed E-state index contributed by atoms with van der Waals surface area (Å²) in [6, 6.07) is 8.89. The number of carbonyl (C=O) groups excluding carboxylic acids is 2. The Morgan fingerprint density at radius 1 is 1.11 bits per heavy atom. The van der Waals surface area contributed by atoms with E-state index in [-0.39, 0.29) is 11.8 Å². The van der Waals surface area contributed by atoms with Gasteiger partial charge in [-0.1, -0.05) is 6.07 Å². The van der Waals surface area contributed by atoms with E-state index in [1.165, 1.54) is 13.0 Å². The Hall–Kier alpha value is -3.48. The van der Waals surface area contributed by atoms with Crippen LogP contribution in [0.2, 0.25) is 0 Å². The van der Waals surface area contributed by atoms with Gasteiger partial charge in [0.05, 0.1) is 7.11 Å². The highest BCUT2D eigenvalue weighted by Crippen LogP contribution is 2.40. The first-order chi connectivity index (χ1) is 13.5. The van der Waals surface area contributed by atoms with Crippen LogP contribution in [0.3, 0.4) is 0 Å². The van der Waals surface area contributed by atoms with E-state index in [1.54, 1.807) is 37.5 Å². The van der Waals surface area contributed by atoms with E-state index >= 15 is 0 Å². The number of aryl methyl sites for hydroxylation is 1. The first-order valence-corrected chi connectivity index (χ1v) is 8.81. The second-order valence-corrected chi connectivity index (χ2v) is 6.28. The molecule has 7 nitrogen and oxygen atoms in total. The maximum atomic E-state index is 12.3. The van der Waals surface area contributed by atoms with Crippen LogP contribution in [-0.4, -0.2) is 32.1 Å². The number of benzene rings is 2. The summed E-state index contributed by atoms with van der Waals surface area (Å²) in [5.74, 6) is 1.24. The van der Waals surface area contributed by atoms with Gasteiger partial charge < -0.3 is 24.8 Å². The van der Waals surface area contributed by atoms with Crippen molar-refractivity contribution >= 4 is 29.3 Å². The molecule has 0 unspecified atom stereocenters. The van der Waals surface area contributed by atoms with E-state index in [1.807, 2.05) is 13.0 Å². The molecule has 0 aliphatic carbocycles. The molecule has 0 spiro atoms. The van der Waals surface area contributed by atoms with Crippen molar-refractivity contribution in [2.45, 2.75) is 13.8 Å². The number of hydrogen-bond donors (Lipinski definition) is 2. The van der Waals surface area contributed by atoms with Crippen LogP contribution < -0.4 is 24.8 Å². The van der Waals surface area contributed by atoms with Crippen molar-refractivity contribution in [2.75, 3.05) is 31.0 Å². The lowest BCUT2D eigenvalue weighted by molar-refractivity contribution is -0.114. The Morgan fingerprint density at radius 2 is 1.89 bits per heavy atom. The molecule has 146 valence electrons. The van der Waals surface area contributed by atoms with Gasteiger partial charge in [0.1, 0.15) is 13.2 Å². The van der Waals surface area contributed by atoms with E-state index in [0.29, 0.717) is 41.8 Å². The van der Waals surface area contributed by atoms with Gasteiger partial charge in [-0.25, -0.2) is 0 Å². The Balaban J connectivity index is 1.73. The lowest BCUT2D eigenvalue weighted by Gasteiger charge is -2.20. The van der Waals surface area contributed by atoms with Gasteiger partial charge in [0.15, 0.2) is 11.5 Å². The van der Waals surface area contributed by atoms with Gasteiger partial charge in [0, 0.05) is 24.4 Å². The minimum atomic E-state index is -0.300. The van der Waals surface area contributed by atoms with Crippen LogP contribution in [0.15, 0.2) is 36.4 Å². The summed E-state index contributed by atoms with van der Waals surface area (Å²) >= 11 is 0. The lowest BCUT2D eigenvalue weighted by Crippen LogP contribution is -2.16. The fourth-order valence-electron chi connectivity index (χ4n) is 2.77. The largest absolute Gasteiger partial charge is 0.493 e. The maximum absolute atomic E-state index is 12.3. The third-order valence-corrected chi connectivity index (χ3v) is 4.09. The molecule has 0 radical (unpaired) electrons. The topological polar surface area (TPSA) is 85.9 Å². The van der Waals surface area contributed by atoms with E-state index in [2.05, 4.69) is 10.6 Å². The third kappa shape index (κ3) is 4.62. The Kier molecular flexibility index (Phi) is 5.84. The molecular weight excluding hydrogens is 360 g/mol. The Bertz CT molecular complexity index is 919. The van der Waals surface area contributed by atoms with E-state index < -0.39 is 0 Å². The number of hydrogen-bond acceptors (Lipinski definition) is 5. The fourth-order valence-corrected chi connectivity index (χ4v) is 2.77. The van der Waals surface area contributed by atoms with Crippen LogP contribution in [0.5, 0.6) is 17.2 Å². The van der Waals surface area contributed by atoms with Gasteiger partial charge in [0.25, 0.3) is 0 Å². The van der Waals surface area contributed by atoms with Crippen molar-refractivity contribution in [2.24, 2.45) is 0 Å². The van der Waals surface area contributed by atoms with Gasteiger partial charge in [-0.3, -0.25) is 9.59 Å². The molecule has 2 aromatic carbocycles. The molecule has 1 aliphatic heterocycles. The predicted octanol–water partition coefficient (Wildman–Crippen LogP) is 3.39. The van der Waals surface area contributed by atoms with Crippen LogP contribution in [0.25, 0.3) is 6.08 Å². The molecule has 0 bridgehead atoms. The summed E-state index contributed by atoms with van der Waals surface area (Å²) in [7, 11) is 1.55. The summed E-state index contributed by atoms with van der Waals surface area (Å²) in [5, 5.41) is 5.52. The quantitative estimate of drug-likeness (QED) is 0.775. The van der Waals surface area contributed by atoms with Crippen LogP contribution in [-0.2, 0) is 9.59 Å². The highest BCUT2D eigenvalue weighted by Gasteiger charge is 2.17. The zero-order valence-corrected chi connectivity index (χ0v) is 16.0. The monoisotopic (exact) mass is 382 g/mol. The van der Waals surface area contributed by atoms with Gasteiger partial charge in [-0.15, -0.1) is 0 Å². The minimum absolute atomic E-state index is 0.168. The molecule has 7 heteroatoms. The smallest absolute Gasteiger partial charge is 0.248 e. The molecule has 28 heavy (non-hydrogen) atoms. The maximum Gasteiger partial charge on any atom is 0.248 e. The first-order valence-electron chi connectivity index (χ1n) is 8.81. The highest BCUT2D eigenvalue weighted by atomic mass is 16.6. The SMILES string of the molecule is COc1cc(/C=C/C(=O)Nc2ccc(C)c(NC(C)=O)c2)cc2c1OCCO2. The second kappa shape index (κ2) is 8.47. The van der Waals surface area contributed by atoms with Crippen molar-refractivity contribution in [1.29, 1.82) is 0 Å². The number of ether oxygens (including phenoxy) is 3. The summed E-state index contributed by atoms with van der Waals surface area (Å²) in [4.78, 5) is 23.5. The fraction of sp³-hybridized carbons (Fsp3) is 0.238. The van der Waals surface area contributed by atoms with Crippen LogP contribution in [0.1, 0.15) is 18.1 Å². The molecule has 0 saturated heterocycles. The van der Waals surface area contributed by atoms with Crippen molar-refractivity contribution in [3.63, 3.8) is 0 Å². The molecule has 0 saturated carbocycles. The molecule has 1 heterocycles. The van der Waals surface area contributed by atoms with Crippen LogP contribution >= 0.6 is 0 Å². The molecule has 3 rings (SSSR count). The summed E-state index contributed by atoms with van der Waals surface area (Å²) in [6.45, 7) is 4.26. The number of rotatable bonds is 5. The summed E-state index contributed by atoms with van der Waals surface area (Å²) < 4.78 is 16.5. The number of anilines is 2. The Labute approximate surface area is 163 Å². The van der Waals surface area contributed by atoms with Crippen LogP contribution in [0, 0.1) is 6.92 Å². The number of carbonyl (C=O) groups is 2. The Morgan fingerprint density at radius 3 is 2.64 bits per heavy atom. The van der Waals surface area contributed by atoms with E-state index in [4.69, 9.17) is 14.2 Å². The first kappa shape index (κ1) is 19.3. The molecule has 0 fully saturated rings. The van der Waals surface area contributed by atoms with Crippen molar-refractivity contribution in [3.8, 4) is 17.2 Å². The average molecular weight is 382 g/mol. The van der Waals surface area contributed by atoms with Gasteiger partial charge in [-0.05, 0) is 48.4 Å². The van der Waals surface area contributed by atoms with Crippen LogP contribution in [0.4, 0.5) is 11.4 Å². The van der Waals surface area contributed by atoms with Gasteiger partial charge in [0.2, 0.25) is 17.6 Å². The second-order valence-electron chi connectivity index (χ2n) is 6.28. The highest BCUT2D eigenvalue weighted by molar-refractivity contribution is 6.02. The zero-order chi connectivity index (χ0) is 20.1. The van der Waals surface area contributed by atoms with Gasteiger partial charge >= 0.3 is 0 Å². The van der Waals surface area contributed by atoms with Gasteiger partial charge in [-0.2, -0.15) is 0 Å². The standard InChI is InChI=1S/C21H22N2O5/c1-13-4-6-16(12-17(13)22-14(2)24)23-20(25)7-5-15-10-18(26-3)21-19(11-15)27-8-9-28-21/h4-7,10-12H,8-9H2,1-3H3,(H,22,24)(H,23,25)/b7-5+. The molecular formula is C21H22N2O5. The number of nitrogens with one attached hydrogen (secondary N) is 2. The van der Waals surface area contributed by atoms with Crippen molar-refractivity contribution in [3.05, 3.63) is 47.5 Å². The summed E-state index contributed by atoms with van der Waals surface area (Å²) in [5.41, 5.74) is 2.90. The van der Waals surface area contributed by atoms with Crippen molar-refractivity contribution < 1.29 is 23.8 Å². The number of methoxy groups -OCH3 is 1. The molecule has 0 aromatic heterocycles.